The molecule has 0 unspecified atom stereocenters. The van der Waals surface area contributed by atoms with E-state index in [4.69, 9.17) is 0 Å². The quantitative estimate of drug-likeness (QED) is 0.778. The molecule has 3 aliphatic rings. The maximum absolute atomic E-state index is 13.3. The fourth-order valence-electron chi connectivity index (χ4n) is 5.68. The molecule has 2 bridgehead atoms. The molecular formula is C21H28N6O2. The molecule has 0 aliphatic carbocycles. The molecule has 154 valence electrons. The van der Waals surface area contributed by atoms with E-state index in [0.717, 1.165) is 38.0 Å². The van der Waals surface area contributed by atoms with Gasteiger partial charge in [0.15, 0.2) is 5.65 Å². The SMILES string of the molecule is CN(C)C[C@H]1[C@H]2C[C@H](CN(C(=O)c3ccc4ncnn4c3)C2)[C@@H]2CCCC(=O)N21. The van der Waals surface area contributed by atoms with Gasteiger partial charge in [0.1, 0.15) is 6.33 Å². The summed E-state index contributed by atoms with van der Waals surface area (Å²) in [6.45, 7) is 2.29. The van der Waals surface area contributed by atoms with Crippen molar-refractivity contribution in [2.24, 2.45) is 11.8 Å². The van der Waals surface area contributed by atoms with Gasteiger partial charge in [-0.3, -0.25) is 9.59 Å². The van der Waals surface area contributed by atoms with Crippen molar-refractivity contribution in [2.75, 3.05) is 33.7 Å². The van der Waals surface area contributed by atoms with Crippen LogP contribution in [-0.2, 0) is 4.79 Å². The van der Waals surface area contributed by atoms with Gasteiger partial charge < -0.3 is 14.7 Å². The molecule has 4 atom stereocenters. The average Bonchev–Trinajstić information content (AvgIpc) is 3.18. The molecular weight excluding hydrogens is 368 g/mol. The van der Waals surface area contributed by atoms with Crippen molar-refractivity contribution in [2.45, 2.75) is 37.8 Å². The van der Waals surface area contributed by atoms with E-state index < -0.39 is 0 Å². The van der Waals surface area contributed by atoms with Gasteiger partial charge in [-0.25, -0.2) is 9.50 Å². The summed E-state index contributed by atoms with van der Waals surface area (Å²) in [5, 5.41) is 4.16. The smallest absolute Gasteiger partial charge is 0.255 e. The molecule has 0 saturated carbocycles. The highest BCUT2D eigenvalue weighted by Gasteiger charge is 2.50. The van der Waals surface area contributed by atoms with E-state index in [9.17, 15) is 9.59 Å². The highest BCUT2D eigenvalue weighted by molar-refractivity contribution is 5.94. The van der Waals surface area contributed by atoms with Gasteiger partial charge in [-0.15, -0.1) is 0 Å². The highest BCUT2D eigenvalue weighted by Crippen LogP contribution is 2.42. The minimum Gasteiger partial charge on any atom is -0.338 e. The molecule has 3 fully saturated rings. The number of fused-ring (bicyclic) bond motifs is 5. The molecule has 0 N–H and O–H groups in total. The molecule has 0 aromatic carbocycles. The van der Waals surface area contributed by atoms with Crippen molar-refractivity contribution in [3.05, 3.63) is 30.2 Å². The Morgan fingerprint density at radius 3 is 2.90 bits per heavy atom. The summed E-state index contributed by atoms with van der Waals surface area (Å²) >= 11 is 0. The number of piperidine rings is 3. The van der Waals surface area contributed by atoms with Crippen molar-refractivity contribution in [3.8, 4) is 0 Å². The minimum atomic E-state index is 0.0521. The zero-order valence-electron chi connectivity index (χ0n) is 17.1. The maximum Gasteiger partial charge on any atom is 0.255 e. The van der Waals surface area contributed by atoms with E-state index in [1.807, 2.05) is 17.0 Å². The third-order valence-corrected chi connectivity index (χ3v) is 6.86. The molecule has 2 amide bonds. The summed E-state index contributed by atoms with van der Waals surface area (Å²) in [7, 11) is 4.13. The average molecular weight is 396 g/mol. The van der Waals surface area contributed by atoms with Gasteiger partial charge in [0.25, 0.3) is 5.91 Å². The Balaban J connectivity index is 1.43. The topological polar surface area (TPSA) is 74.0 Å². The predicted molar refractivity (Wildman–Crippen MR) is 107 cm³/mol. The van der Waals surface area contributed by atoms with Crippen LogP contribution in [0.5, 0.6) is 0 Å². The maximum atomic E-state index is 13.3. The summed E-state index contributed by atoms with van der Waals surface area (Å²) in [5.41, 5.74) is 1.38. The summed E-state index contributed by atoms with van der Waals surface area (Å²) in [6.07, 6.45) is 7.06. The molecule has 3 saturated heterocycles. The van der Waals surface area contributed by atoms with E-state index in [-0.39, 0.29) is 18.0 Å². The Morgan fingerprint density at radius 2 is 2.07 bits per heavy atom. The lowest BCUT2D eigenvalue weighted by atomic mass is 9.72. The normalized spacial score (nSPS) is 29.4. The molecule has 5 rings (SSSR count). The Morgan fingerprint density at radius 1 is 1.24 bits per heavy atom. The second kappa shape index (κ2) is 7.09. The van der Waals surface area contributed by atoms with Gasteiger partial charge in [0.2, 0.25) is 5.91 Å². The van der Waals surface area contributed by atoms with E-state index >= 15 is 0 Å². The van der Waals surface area contributed by atoms with Crippen molar-refractivity contribution >= 4 is 17.5 Å². The van der Waals surface area contributed by atoms with Crippen LogP contribution in [0.25, 0.3) is 5.65 Å². The van der Waals surface area contributed by atoms with Crippen molar-refractivity contribution in [1.82, 2.24) is 29.3 Å². The number of carbonyl (C=O) groups is 2. The molecule has 8 nitrogen and oxygen atoms in total. The summed E-state index contributed by atoms with van der Waals surface area (Å²) in [6, 6.07) is 4.13. The van der Waals surface area contributed by atoms with Gasteiger partial charge in [-0.05, 0) is 57.3 Å². The van der Waals surface area contributed by atoms with Crippen molar-refractivity contribution in [1.29, 1.82) is 0 Å². The largest absolute Gasteiger partial charge is 0.338 e. The van der Waals surface area contributed by atoms with E-state index in [1.165, 1.54) is 6.33 Å². The van der Waals surface area contributed by atoms with Crippen LogP contribution >= 0.6 is 0 Å². The van der Waals surface area contributed by atoms with Crippen LogP contribution in [0.1, 0.15) is 36.0 Å². The number of nitrogens with zero attached hydrogens (tertiary/aromatic N) is 6. The van der Waals surface area contributed by atoms with Gasteiger partial charge in [0, 0.05) is 44.3 Å². The summed E-state index contributed by atoms with van der Waals surface area (Å²) < 4.78 is 1.65. The zero-order chi connectivity index (χ0) is 20.1. The third kappa shape index (κ3) is 3.19. The lowest BCUT2D eigenvalue weighted by molar-refractivity contribution is -0.152. The third-order valence-electron chi connectivity index (χ3n) is 6.86. The molecule has 29 heavy (non-hydrogen) atoms. The highest BCUT2D eigenvalue weighted by atomic mass is 16.2. The van der Waals surface area contributed by atoms with Gasteiger partial charge in [-0.1, -0.05) is 0 Å². The van der Waals surface area contributed by atoms with Crippen LogP contribution < -0.4 is 0 Å². The Labute approximate surface area is 170 Å². The van der Waals surface area contributed by atoms with Crippen LogP contribution in [0.4, 0.5) is 0 Å². The van der Waals surface area contributed by atoms with Gasteiger partial charge in [-0.2, -0.15) is 5.10 Å². The first-order valence-corrected chi connectivity index (χ1v) is 10.6. The zero-order valence-corrected chi connectivity index (χ0v) is 17.1. The van der Waals surface area contributed by atoms with E-state index in [0.29, 0.717) is 36.3 Å². The van der Waals surface area contributed by atoms with Crippen LogP contribution in [0.3, 0.4) is 0 Å². The first-order chi connectivity index (χ1) is 14.0. The Kier molecular flexibility index (Phi) is 4.53. The molecule has 2 aromatic rings. The fourth-order valence-corrected chi connectivity index (χ4v) is 5.68. The first kappa shape index (κ1) is 18.5. The molecule has 0 radical (unpaired) electrons. The second-order valence-corrected chi connectivity index (χ2v) is 9.04. The number of rotatable bonds is 3. The lowest BCUT2D eigenvalue weighted by Gasteiger charge is -2.57. The number of aromatic nitrogens is 3. The van der Waals surface area contributed by atoms with Crippen LogP contribution in [0, 0.1) is 11.8 Å². The lowest BCUT2D eigenvalue weighted by Crippen LogP contribution is -2.67. The number of likely N-dealkylation sites (tertiary alicyclic amines) is 1. The summed E-state index contributed by atoms with van der Waals surface area (Å²) in [5.74, 6) is 1.06. The molecule has 5 heterocycles. The Hall–Kier alpha value is -2.48. The fraction of sp³-hybridized carbons (Fsp3) is 0.619. The molecule has 3 aliphatic heterocycles. The van der Waals surface area contributed by atoms with Crippen molar-refractivity contribution in [3.63, 3.8) is 0 Å². The van der Waals surface area contributed by atoms with Crippen LogP contribution in [0.15, 0.2) is 24.7 Å². The second-order valence-electron chi connectivity index (χ2n) is 9.04. The number of hydrogen-bond donors (Lipinski definition) is 0. The number of carbonyl (C=O) groups excluding carboxylic acids is 2. The van der Waals surface area contributed by atoms with Crippen molar-refractivity contribution < 1.29 is 9.59 Å². The number of likely N-dealkylation sites (N-methyl/N-ethyl adjacent to an activating group) is 1. The van der Waals surface area contributed by atoms with Crippen LogP contribution in [0.2, 0.25) is 0 Å². The van der Waals surface area contributed by atoms with E-state index in [1.54, 1.807) is 10.7 Å². The van der Waals surface area contributed by atoms with Crippen LogP contribution in [-0.4, -0.2) is 86.9 Å². The van der Waals surface area contributed by atoms with Gasteiger partial charge in [0.05, 0.1) is 5.56 Å². The molecule has 0 spiro atoms. The summed E-state index contributed by atoms with van der Waals surface area (Å²) in [4.78, 5) is 36.7. The standard InChI is InChI=1S/C21H28N6O2/c1-24(2)12-18-16-8-15(17-4-3-5-20(28)27(17)18)9-25(10-16)21(29)14-6-7-19-22-13-23-26(19)11-14/h6-7,11,13,15-18H,3-5,8-10,12H2,1-2H3/t15-,16+,17+,18+/m1/s1. The number of hydrogen-bond acceptors (Lipinski definition) is 5. The Bertz CT molecular complexity index is 940. The molecule has 2 aromatic heterocycles. The molecule has 8 heteroatoms. The minimum absolute atomic E-state index is 0.0521. The number of amides is 2. The van der Waals surface area contributed by atoms with E-state index in [2.05, 4.69) is 34.0 Å². The van der Waals surface area contributed by atoms with Gasteiger partial charge >= 0.3 is 0 Å². The number of pyridine rings is 1. The monoisotopic (exact) mass is 396 g/mol. The predicted octanol–water partition coefficient (Wildman–Crippen LogP) is 1.13. The first-order valence-electron chi connectivity index (χ1n) is 10.6.